The zero-order valence-electron chi connectivity index (χ0n) is 18.7. The monoisotopic (exact) mass is 483 g/mol. The summed E-state index contributed by atoms with van der Waals surface area (Å²) in [5.41, 5.74) is 0.402. The molecule has 0 spiro atoms. The maximum atomic E-state index is 12.4. The Hall–Kier alpha value is -2.27. The van der Waals surface area contributed by atoms with Gasteiger partial charge < -0.3 is 19.7 Å². The molecule has 2 fully saturated rings. The number of thioether (sulfide) groups is 1. The van der Waals surface area contributed by atoms with Gasteiger partial charge in [-0.3, -0.25) is 4.79 Å². The number of carbonyl (C=O) groups is 2. The molecule has 3 rings (SSSR count). The number of nitrogens with zero attached hydrogens (tertiary/aromatic N) is 2. The van der Waals surface area contributed by atoms with E-state index in [2.05, 4.69) is 10.3 Å². The Morgan fingerprint density at radius 1 is 1.22 bits per heavy atom. The van der Waals surface area contributed by atoms with Crippen LogP contribution in [-0.2, 0) is 25.8 Å². The van der Waals surface area contributed by atoms with Gasteiger partial charge in [-0.1, -0.05) is 23.9 Å². The lowest BCUT2D eigenvalue weighted by Gasteiger charge is -2.24. The van der Waals surface area contributed by atoms with E-state index < -0.39 is 27.4 Å². The number of carbonyl (C=O) groups excluding carboxylic acids is 2. The molecule has 2 aliphatic heterocycles. The number of ether oxygens (including phenoxy) is 2. The summed E-state index contributed by atoms with van der Waals surface area (Å²) >= 11 is 1.32. The normalized spacial score (nSPS) is 23.1. The van der Waals surface area contributed by atoms with Crippen molar-refractivity contribution in [2.75, 3.05) is 31.7 Å². The van der Waals surface area contributed by atoms with E-state index in [-0.39, 0.29) is 29.3 Å². The van der Waals surface area contributed by atoms with Crippen LogP contribution >= 0.6 is 11.8 Å². The molecular formula is C21H29N3O6S2. The first-order valence-electron chi connectivity index (χ1n) is 10.3. The number of amides is 2. The van der Waals surface area contributed by atoms with Crippen LogP contribution in [0.2, 0.25) is 0 Å². The fourth-order valence-electron chi connectivity index (χ4n) is 3.55. The van der Waals surface area contributed by atoms with Gasteiger partial charge in [-0.05, 0) is 44.9 Å². The van der Waals surface area contributed by atoms with Crippen molar-refractivity contribution < 1.29 is 27.5 Å². The van der Waals surface area contributed by atoms with Gasteiger partial charge in [0.2, 0.25) is 0 Å². The van der Waals surface area contributed by atoms with E-state index >= 15 is 0 Å². The number of hydrogen-bond donors (Lipinski definition) is 1. The first-order valence-corrected chi connectivity index (χ1v) is 13.0. The number of fused-ring (bicyclic) bond motifs is 1. The molecule has 9 nitrogen and oxygen atoms in total. The molecule has 1 N–H and O–H groups in total. The van der Waals surface area contributed by atoms with Gasteiger partial charge in [0.05, 0.1) is 24.7 Å². The van der Waals surface area contributed by atoms with Crippen molar-refractivity contribution in [2.24, 2.45) is 4.99 Å². The third-order valence-electron chi connectivity index (χ3n) is 4.98. The minimum atomic E-state index is -3.11. The molecule has 1 aromatic carbocycles. The lowest BCUT2D eigenvalue weighted by atomic mass is 10.1. The van der Waals surface area contributed by atoms with Crippen molar-refractivity contribution in [3.8, 4) is 5.75 Å². The Morgan fingerprint density at radius 3 is 2.53 bits per heavy atom. The van der Waals surface area contributed by atoms with Gasteiger partial charge in [0, 0.05) is 11.8 Å². The fourth-order valence-corrected chi connectivity index (χ4v) is 7.54. The summed E-state index contributed by atoms with van der Waals surface area (Å²) in [6.07, 6.45) is -0.0264. The van der Waals surface area contributed by atoms with Gasteiger partial charge in [-0.15, -0.1) is 0 Å². The molecule has 2 saturated heterocycles. The summed E-state index contributed by atoms with van der Waals surface area (Å²) in [4.78, 5) is 30.2. The lowest BCUT2D eigenvalue weighted by Crippen LogP contribution is -2.39. The molecule has 176 valence electrons. The molecule has 32 heavy (non-hydrogen) atoms. The predicted octanol–water partition coefficient (Wildman–Crippen LogP) is 1.86. The minimum Gasteiger partial charge on any atom is -0.497 e. The Kier molecular flexibility index (Phi) is 7.39. The number of methoxy groups -OCH3 is 1. The number of hydrogen-bond acceptors (Lipinski definition) is 7. The topological polar surface area (TPSA) is 114 Å². The molecule has 2 atom stereocenters. The summed E-state index contributed by atoms with van der Waals surface area (Å²) in [5.74, 6) is 0.370. The highest BCUT2D eigenvalue weighted by molar-refractivity contribution is 8.15. The van der Waals surface area contributed by atoms with Crippen molar-refractivity contribution in [3.05, 3.63) is 29.8 Å². The number of benzene rings is 1. The highest BCUT2D eigenvalue weighted by atomic mass is 32.2. The quantitative estimate of drug-likeness (QED) is 0.652. The smallest absolute Gasteiger partial charge is 0.408 e. The highest BCUT2D eigenvalue weighted by Crippen LogP contribution is 2.38. The summed E-state index contributed by atoms with van der Waals surface area (Å²) in [6.45, 7) is 5.44. The van der Waals surface area contributed by atoms with Crippen LogP contribution in [-0.4, -0.2) is 79.1 Å². The first kappa shape index (κ1) is 24.4. The highest BCUT2D eigenvalue weighted by Gasteiger charge is 2.48. The number of amidine groups is 1. The second kappa shape index (κ2) is 9.70. The third kappa shape index (κ3) is 6.61. The van der Waals surface area contributed by atoms with Crippen LogP contribution in [0.1, 0.15) is 26.3 Å². The van der Waals surface area contributed by atoms with Crippen LogP contribution in [0.4, 0.5) is 4.79 Å². The van der Waals surface area contributed by atoms with Gasteiger partial charge in [0.25, 0.3) is 5.91 Å². The van der Waals surface area contributed by atoms with Crippen molar-refractivity contribution in [1.29, 1.82) is 0 Å². The maximum absolute atomic E-state index is 12.4. The standard InChI is InChI=1S/C21H29N3O6S2/c1-21(2,3)30-20(26)22-11-18(25)23-19-24(16-12-32(27,28)13-17(16)31-19)10-9-14-5-7-15(29-4)8-6-14/h5-8,16-17H,9-13H2,1-4H3,(H,22,26)/t16-,17-/m0/s1. The largest absolute Gasteiger partial charge is 0.497 e. The van der Waals surface area contributed by atoms with E-state index in [0.29, 0.717) is 18.1 Å². The van der Waals surface area contributed by atoms with Gasteiger partial charge in [0.1, 0.15) is 17.9 Å². The molecular weight excluding hydrogens is 454 g/mol. The molecule has 1 aromatic rings. The number of alkyl carbamates (subject to hydrolysis) is 1. The summed E-state index contributed by atoms with van der Waals surface area (Å²) in [5, 5.41) is 2.75. The van der Waals surface area contributed by atoms with E-state index in [1.807, 2.05) is 29.2 Å². The average molecular weight is 484 g/mol. The molecule has 11 heteroatoms. The minimum absolute atomic E-state index is 0.0522. The third-order valence-corrected chi connectivity index (χ3v) is 8.23. The molecule has 0 radical (unpaired) electrons. The SMILES string of the molecule is COc1ccc(CCN2C(=NC(=O)CNC(=O)OC(C)(C)C)S[C@H]3CS(=O)(=O)C[C@@H]32)cc1. The van der Waals surface area contributed by atoms with E-state index in [4.69, 9.17) is 9.47 Å². The Morgan fingerprint density at radius 2 is 1.91 bits per heavy atom. The van der Waals surface area contributed by atoms with Crippen molar-refractivity contribution in [1.82, 2.24) is 10.2 Å². The van der Waals surface area contributed by atoms with Gasteiger partial charge in [-0.2, -0.15) is 4.99 Å². The molecule has 2 amide bonds. The Balaban J connectivity index is 1.67. The number of aliphatic imine (C=N–C) groups is 1. The number of sulfone groups is 1. The zero-order chi connectivity index (χ0) is 23.5. The average Bonchev–Trinajstić information content (AvgIpc) is 3.15. The van der Waals surface area contributed by atoms with Crippen molar-refractivity contribution in [3.63, 3.8) is 0 Å². The molecule has 0 aromatic heterocycles. The zero-order valence-corrected chi connectivity index (χ0v) is 20.3. The maximum Gasteiger partial charge on any atom is 0.408 e. The molecule has 2 heterocycles. The molecule has 0 bridgehead atoms. The summed E-state index contributed by atoms with van der Waals surface area (Å²) in [6, 6.07) is 7.44. The molecule has 0 saturated carbocycles. The Labute approximate surface area is 192 Å². The van der Waals surface area contributed by atoms with Gasteiger partial charge >= 0.3 is 6.09 Å². The van der Waals surface area contributed by atoms with Crippen LogP contribution in [0, 0.1) is 0 Å². The van der Waals surface area contributed by atoms with Crippen LogP contribution in [0.25, 0.3) is 0 Å². The predicted molar refractivity (Wildman–Crippen MR) is 124 cm³/mol. The first-order chi connectivity index (χ1) is 15.0. The van der Waals surface area contributed by atoms with E-state index in [9.17, 15) is 18.0 Å². The summed E-state index contributed by atoms with van der Waals surface area (Å²) in [7, 11) is -1.51. The molecule has 0 unspecified atom stereocenters. The Bertz CT molecular complexity index is 986. The summed E-state index contributed by atoms with van der Waals surface area (Å²) < 4.78 is 34.6. The van der Waals surface area contributed by atoms with Gasteiger partial charge in [0.15, 0.2) is 15.0 Å². The number of nitrogens with one attached hydrogen (secondary N) is 1. The van der Waals surface area contributed by atoms with Gasteiger partial charge in [-0.25, -0.2) is 13.2 Å². The van der Waals surface area contributed by atoms with Crippen LogP contribution in [0.3, 0.4) is 0 Å². The van der Waals surface area contributed by atoms with Crippen LogP contribution in [0.5, 0.6) is 5.75 Å². The second-order valence-electron chi connectivity index (χ2n) is 8.74. The molecule has 2 aliphatic rings. The molecule has 0 aliphatic carbocycles. The van der Waals surface area contributed by atoms with E-state index in [0.717, 1.165) is 11.3 Å². The van der Waals surface area contributed by atoms with Crippen LogP contribution < -0.4 is 10.1 Å². The number of rotatable bonds is 6. The van der Waals surface area contributed by atoms with Crippen molar-refractivity contribution in [2.45, 2.75) is 44.1 Å². The second-order valence-corrected chi connectivity index (χ2v) is 12.1. The lowest BCUT2D eigenvalue weighted by molar-refractivity contribution is -0.117. The van der Waals surface area contributed by atoms with Crippen LogP contribution in [0.15, 0.2) is 29.3 Å². The fraction of sp³-hybridized carbons (Fsp3) is 0.571. The van der Waals surface area contributed by atoms with Crippen molar-refractivity contribution >= 4 is 38.8 Å². The van der Waals surface area contributed by atoms with E-state index in [1.165, 1.54) is 11.8 Å². The van der Waals surface area contributed by atoms with E-state index in [1.54, 1.807) is 27.9 Å².